The fraction of sp³-hybridized carbons (Fsp3) is 0.106. The molecular weight excluding hydrogens is 1050 g/mol. The van der Waals surface area contributed by atoms with Crippen molar-refractivity contribution in [1.29, 1.82) is 0 Å². The van der Waals surface area contributed by atoms with Gasteiger partial charge in [-0.25, -0.2) is 0 Å². The van der Waals surface area contributed by atoms with Crippen LogP contribution in [0.4, 0.5) is 34.1 Å². The van der Waals surface area contributed by atoms with E-state index < -0.39 is 0 Å². The van der Waals surface area contributed by atoms with Crippen LogP contribution in [-0.4, -0.2) is 0 Å². The molecule has 12 aromatic carbocycles. The van der Waals surface area contributed by atoms with Crippen LogP contribution in [0.2, 0.25) is 0 Å². The van der Waals surface area contributed by atoms with E-state index in [9.17, 15) is 0 Å². The van der Waals surface area contributed by atoms with Crippen molar-refractivity contribution in [2.24, 2.45) is 0 Å². The van der Waals surface area contributed by atoms with Crippen LogP contribution in [0.3, 0.4) is 0 Å². The highest BCUT2D eigenvalue weighted by Gasteiger charge is 2.49. The Labute approximate surface area is 511 Å². The van der Waals surface area contributed by atoms with Crippen LogP contribution in [0.1, 0.15) is 91.7 Å². The number of para-hydroxylation sites is 4. The van der Waals surface area contributed by atoms with E-state index in [2.05, 4.69) is 327 Å². The maximum absolute atomic E-state index is 2.50. The molecule has 0 radical (unpaired) electrons. The second-order valence-electron chi connectivity index (χ2n) is 25.4. The largest absolute Gasteiger partial charge is 0.310 e. The van der Waals surface area contributed by atoms with Crippen LogP contribution in [0.5, 0.6) is 0 Å². The summed E-state index contributed by atoms with van der Waals surface area (Å²) in [6.07, 6.45) is 13.3. The number of benzene rings is 12. The summed E-state index contributed by atoms with van der Waals surface area (Å²) in [6.45, 7) is 4.81. The first-order valence-electron chi connectivity index (χ1n) is 31.0. The molecule has 0 saturated heterocycles. The average Bonchev–Trinajstić information content (AvgIpc) is 1.62. The molecule has 2 spiro atoms. The predicted molar refractivity (Wildman–Crippen MR) is 364 cm³/mol. The molecule has 5 aliphatic rings. The van der Waals surface area contributed by atoms with Crippen molar-refractivity contribution in [3.8, 4) is 33.4 Å². The summed E-state index contributed by atoms with van der Waals surface area (Å²) >= 11 is 0. The molecule has 0 saturated carbocycles. The van der Waals surface area contributed by atoms with Crippen molar-refractivity contribution < 1.29 is 0 Å². The van der Waals surface area contributed by atoms with E-state index in [1.165, 1.54) is 123 Å². The van der Waals surface area contributed by atoms with Crippen LogP contribution < -0.4 is 9.80 Å². The molecule has 0 aliphatic heterocycles. The van der Waals surface area contributed by atoms with Crippen molar-refractivity contribution in [2.75, 3.05) is 9.80 Å². The molecule has 0 fully saturated rings. The van der Waals surface area contributed by atoms with Gasteiger partial charge in [0.2, 0.25) is 0 Å². The normalized spacial score (nSPS) is 15.2. The van der Waals surface area contributed by atoms with Gasteiger partial charge in [0.25, 0.3) is 0 Å². The quantitative estimate of drug-likeness (QED) is 0.126. The number of rotatable bonds is 10. The zero-order valence-corrected chi connectivity index (χ0v) is 49.1. The molecule has 414 valence electrons. The van der Waals surface area contributed by atoms with E-state index in [1.807, 2.05) is 0 Å². The van der Waals surface area contributed by atoms with Gasteiger partial charge in [-0.15, -0.1) is 0 Å². The molecular formula is C85H64N2. The van der Waals surface area contributed by atoms with Gasteiger partial charge in [0.05, 0.1) is 0 Å². The Kier molecular flexibility index (Phi) is 11.7. The Hall–Kier alpha value is -10.3. The standard InChI is InChI=1S/C85H64N2/c1-83(2)77-47-57(31-33-59-37-43-73-75-45-39-69(86(65-23-7-3-8-24-65)66-25-9-4-10-26-66)51-81(75)84(79(73)49-59)53-61-19-15-16-20-62(61)54-84)35-41-71(77)72-42-36-58(48-78(72)83)32-34-60-38-44-74-76-46-40-70(87(67-27-11-5-12-28-67)68-29-13-6-14-30-68)52-82(76)85(80(74)50-60)55-63-21-17-18-22-64(63)56-85/h3-52H,53-56H2,1-2H3/b33-31+,34-32+. The summed E-state index contributed by atoms with van der Waals surface area (Å²) < 4.78 is 0. The summed E-state index contributed by atoms with van der Waals surface area (Å²) in [7, 11) is 0. The Bertz CT molecular complexity index is 4350. The number of hydrogen-bond donors (Lipinski definition) is 0. The molecule has 5 aliphatic carbocycles. The zero-order valence-electron chi connectivity index (χ0n) is 49.1. The Balaban J connectivity index is 0.659. The molecule has 87 heavy (non-hydrogen) atoms. The maximum Gasteiger partial charge on any atom is 0.0465 e. The first-order chi connectivity index (χ1) is 42.8. The van der Waals surface area contributed by atoms with Crippen LogP contribution in [-0.2, 0) is 41.9 Å². The third kappa shape index (κ3) is 8.22. The van der Waals surface area contributed by atoms with Crippen LogP contribution in [0, 0.1) is 0 Å². The van der Waals surface area contributed by atoms with E-state index in [0.29, 0.717) is 0 Å². The SMILES string of the molecule is CC1(C)c2cc(/C=C/c3ccc4c(c3)C3(Cc5ccccc5C3)c3cc(N(c5ccccc5)c5ccccc5)ccc3-4)ccc2-c2ccc(/C=C/c3ccc4c(c3)C3(Cc5ccccc5C3)c3cc(N(c5ccccc5)c5ccccc5)ccc3-4)cc21. The Morgan fingerprint density at radius 3 is 0.782 bits per heavy atom. The van der Waals surface area contributed by atoms with Gasteiger partial charge in [0.15, 0.2) is 0 Å². The Morgan fingerprint density at radius 2 is 0.483 bits per heavy atom. The van der Waals surface area contributed by atoms with Crippen molar-refractivity contribution in [3.05, 3.63) is 357 Å². The molecule has 2 heteroatoms. The molecule has 0 amide bonds. The topological polar surface area (TPSA) is 6.48 Å². The van der Waals surface area contributed by atoms with Gasteiger partial charge >= 0.3 is 0 Å². The van der Waals surface area contributed by atoms with E-state index >= 15 is 0 Å². The van der Waals surface area contributed by atoms with Crippen molar-refractivity contribution in [1.82, 2.24) is 0 Å². The molecule has 0 unspecified atom stereocenters. The zero-order chi connectivity index (χ0) is 57.8. The fourth-order valence-corrected chi connectivity index (χ4v) is 16.0. The minimum atomic E-state index is -0.171. The first-order valence-corrected chi connectivity index (χ1v) is 31.0. The van der Waals surface area contributed by atoms with Crippen molar-refractivity contribution >= 4 is 58.4 Å². The van der Waals surface area contributed by atoms with Crippen molar-refractivity contribution in [3.63, 3.8) is 0 Å². The van der Waals surface area contributed by atoms with Gasteiger partial charge in [-0.2, -0.15) is 0 Å². The predicted octanol–water partition coefficient (Wildman–Crippen LogP) is 21.4. The number of hydrogen-bond acceptors (Lipinski definition) is 2. The average molecular weight is 1110 g/mol. The lowest BCUT2D eigenvalue weighted by molar-refractivity contribution is 0.563. The second-order valence-corrected chi connectivity index (χ2v) is 25.4. The molecule has 12 aromatic rings. The molecule has 0 heterocycles. The third-order valence-corrected chi connectivity index (χ3v) is 20.2. The van der Waals surface area contributed by atoms with E-state index in [1.54, 1.807) is 0 Å². The minimum absolute atomic E-state index is 0.162. The monoisotopic (exact) mass is 1110 g/mol. The summed E-state index contributed by atoms with van der Waals surface area (Å²) in [5, 5.41) is 0. The lowest BCUT2D eigenvalue weighted by Gasteiger charge is -2.30. The number of nitrogens with zero attached hydrogens (tertiary/aromatic N) is 2. The molecule has 0 atom stereocenters. The first kappa shape index (κ1) is 51.2. The molecule has 0 bridgehead atoms. The minimum Gasteiger partial charge on any atom is -0.310 e. The highest BCUT2D eigenvalue weighted by Crippen LogP contribution is 2.59. The van der Waals surface area contributed by atoms with Crippen molar-refractivity contribution in [2.45, 2.75) is 55.8 Å². The van der Waals surface area contributed by atoms with Gasteiger partial charge in [0, 0.05) is 50.4 Å². The molecule has 0 N–H and O–H groups in total. The molecule has 2 nitrogen and oxygen atoms in total. The number of anilines is 6. The smallest absolute Gasteiger partial charge is 0.0465 e. The maximum atomic E-state index is 2.50. The van der Waals surface area contributed by atoms with Gasteiger partial charge in [-0.3, -0.25) is 0 Å². The fourth-order valence-electron chi connectivity index (χ4n) is 16.0. The molecule has 0 aromatic heterocycles. The van der Waals surface area contributed by atoms with E-state index in [-0.39, 0.29) is 16.2 Å². The number of fused-ring (bicyclic) bond motifs is 15. The summed E-state index contributed by atoms with van der Waals surface area (Å²) in [5.41, 5.74) is 33.7. The lowest BCUT2D eigenvalue weighted by atomic mass is 9.75. The summed E-state index contributed by atoms with van der Waals surface area (Å²) in [6, 6.07) is 104. The van der Waals surface area contributed by atoms with Crippen LogP contribution in [0.15, 0.2) is 279 Å². The molecule has 17 rings (SSSR count). The highest BCUT2D eigenvalue weighted by molar-refractivity contribution is 5.91. The van der Waals surface area contributed by atoms with E-state index in [0.717, 1.165) is 48.4 Å². The highest BCUT2D eigenvalue weighted by atomic mass is 15.1. The summed E-state index contributed by atoms with van der Waals surface area (Å²) in [5.74, 6) is 0. The van der Waals surface area contributed by atoms with Crippen LogP contribution >= 0.6 is 0 Å². The lowest BCUT2D eigenvalue weighted by Crippen LogP contribution is -2.26. The van der Waals surface area contributed by atoms with E-state index in [4.69, 9.17) is 0 Å². The van der Waals surface area contributed by atoms with Gasteiger partial charge in [0.1, 0.15) is 0 Å². The van der Waals surface area contributed by atoms with Gasteiger partial charge < -0.3 is 9.80 Å². The Morgan fingerprint density at radius 1 is 0.241 bits per heavy atom. The van der Waals surface area contributed by atoms with Gasteiger partial charge in [-0.1, -0.05) is 244 Å². The van der Waals surface area contributed by atoms with Crippen LogP contribution in [0.25, 0.3) is 57.7 Å². The van der Waals surface area contributed by atoms with Gasteiger partial charge in [-0.05, 0) is 210 Å². The summed E-state index contributed by atoms with van der Waals surface area (Å²) in [4.78, 5) is 4.81. The third-order valence-electron chi connectivity index (χ3n) is 20.2. The second kappa shape index (κ2) is 19.9.